The van der Waals surface area contributed by atoms with Gasteiger partial charge in [-0.05, 0) is 43.4 Å². The first-order chi connectivity index (χ1) is 7.79. The molecule has 16 heavy (non-hydrogen) atoms. The molecule has 0 aromatic rings. The molecule has 4 rings (SSSR count). The average Bonchev–Trinajstić information content (AvgIpc) is 2.10. The highest BCUT2D eigenvalue weighted by atomic mass is 16.1. The van der Waals surface area contributed by atoms with Crippen LogP contribution in [0.1, 0.15) is 64.2 Å². The van der Waals surface area contributed by atoms with Crippen molar-refractivity contribution in [1.82, 2.24) is 5.32 Å². The second-order valence-corrected chi connectivity index (χ2v) is 6.48. The van der Waals surface area contributed by atoms with Crippen molar-refractivity contribution >= 4 is 6.41 Å². The van der Waals surface area contributed by atoms with E-state index >= 15 is 0 Å². The molecule has 4 saturated carbocycles. The molecular formula is C14H23NO. The lowest BCUT2D eigenvalue weighted by atomic mass is 9.35. The molecule has 1 amide bonds. The largest absolute Gasteiger partial charge is 0.353 e. The average molecular weight is 221 g/mol. The van der Waals surface area contributed by atoms with Gasteiger partial charge in [-0.15, -0.1) is 0 Å². The van der Waals surface area contributed by atoms with E-state index in [0.29, 0.717) is 5.41 Å². The van der Waals surface area contributed by atoms with E-state index < -0.39 is 0 Å². The van der Waals surface area contributed by atoms with Gasteiger partial charge < -0.3 is 5.32 Å². The van der Waals surface area contributed by atoms with Gasteiger partial charge >= 0.3 is 0 Å². The molecule has 0 spiro atoms. The van der Waals surface area contributed by atoms with E-state index in [1.165, 1.54) is 64.2 Å². The van der Waals surface area contributed by atoms with Gasteiger partial charge in [0.15, 0.2) is 0 Å². The Kier molecular flexibility index (Phi) is 2.49. The van der Waals surface area contributed by atoms with Crippen LogP contribution in [0.2, 0.25) is 0 Å². The quantitative estimate of drug-likeness (QED) is 0.729. The minimum Gasteiger partial charge on any atom is -0.353 e. The van der Waals surface area contributed by atoms with Crippen molar-refractivity contribution in [1.29, 1.82) is 0 Å². The van der Waals surface area contributed by atoms with Crippen LogP contribution in [0.5, 0.6) is 0 Å². The third-order valence-electron chi connectivity index (χ3n) is 5.41. The van der Waals surface area contributed by atoms with Gasteiger partial charge in [0.05, 0.1) is 0 Å². The van der Waals surface area contributed by atoms with Crippen LogP contribution in [0.3, 0.4) is 0 Å². The molecule has 1 N–H and O–H groups in total. The fourth-order valence-corrected chi connectivity index (χ4v) is 4.65. The van der Waals surface area contributed by atoms with Crippen LogP contribution in [0.4, 0.5) is 0 Å². The molecule has 2 bridgehead atoms. The molecule has 0 unspecified atom stereocenters. The monoisotopic (exact) mass is 221 g/mol. The molecule has 90 valence electrons. The molecule has 0 aliphatic heterocycles. The smallest absolute Gasteiger partial charge is 0.207 e. The van der Waals surface area contributed by atoms with Crippen LogP contribution in [-0.2, 0) is 4.79 Å². The summed E-state index contributed by atoms with van der Waals surface area (Å²) in [5.74, 6) is 0.975. The van der Waals surface area contributed by atoms with E-state index in [2.05, 4.69) is 5.32 Å². The Hall–Kier alpha value is -0.530. The molecule has 0 heterocycles. The van der Waals surface area contributed by atoms with E-state index in [1.807, 2.05) is 0 Å². The summed E-state index contributed by atoms with van der Waals surface area (Å²) in [6.45, 7) is 0. The van der Waals surface area contributed by atoms with E-state index in [9.17, 15) is 4.79 Å². The first-order valence-corrected chi connectivity index (χ1v) is 7.00. The van der Waals surface area contributed by atoms with Gasteiger partial charge in [-0.3, -0.25) is 4.79 Å². The maximum absolute atomic E-state index is 10.5. The maximum atomic E-state index is 10.5. The normalized spacial score (nSPS) is 43.5. The van der Waals surface area contributed by atoms with Gasteiger partial charge in [-0.2, -0.15) is 0 Å². The molecule has 0 radical (unpaired) electrons. The Morgan fingerprint density at radius 3 is 2.06 bits per heavy atom. The van der Waals surface area contributed by atoms with E-state index in [0.717, 1.165) is 12.3 Å². The molecule has 4 fully saturated rings. The van der Waals surface area contributed by atoms with Crippen LogP contribution in [0.25, 0.3) is 0 Å². The van der Waals surface area contributed by atoms with Gasteiger partial charge in [-0.25, -0.2) is 0 Å². The number of rotatable bonds is 3. The molecule has 2 heteroatoms. The highest BCUT2D eigenvalue weighted by Gasteiger charge is 2.69. The molecule has 0 aromatic heterocycles. The van der Waals surface area contributed by atoms with Crippen LogP contribution in [0, 0.1) is 11.3 Å². The molecule has 0 aromatic carbocycles. The Balaban J connectivity index is 1.57. The summed E-state index contributed by atoms with van der Waals surface area (Å²) in [7, 11) is 0. The molecule has 4 aliphatic rings. The second-order valence-electron chi connectivity index (χ2n) is 6.48. The summed E-state index contributed by atoms with van der Waals surface area (Å²) >= 11 is 0. The highest BCUT2D eigenvalue weighted by molar-refractivity contribution is 5.51. The van der Waals surface area contributed by atoms with E-state index in [1.54, 1.807) is 0 Å². The zero-order valence-corrected chi connectivity index (χ0v) is 10.1. The number of amides is 1. The Labute approximate surface area is 98.2 Å². The first kappa shape index (κ1) is 10.6. The topological polar surface area (TPSA) is 29.1 Å². The molecule has 2 nitrogen and oxygen atoms in total. The van der Waals surface area contributed by atoms with Crippen molar-refractivity contribution < 1.29 is 4.79 Å². The van der Waals surface area contributed by atoms with Crippen molar-refractivity contribution in [3.8, 4) is 0 Å². The number of carbonyl (C=O) groups is 1. The Bertz CT molecular complexity index is 259. The third-order valence-corrected chi connectivity index (χ3v) is 5.41. The second kappa shape index (κ2) is 3.75. The van der Waals surface area contributed by atoms with Gasteiger partial charge in [0.25, 0.3) is 0 Å². The lowest BCUT2D eigenvalue weighted by Crippen LogP contribution is -2.75. The predicted octanol–water partition coefficient (Wildman–Crippen LogP) is 3.02. The minimum absolute atomic E-state index is 0.254. The molecule has 0 atom stereocenters. The molecular weight excluding hydrogens is 198 g/mol. The number of nitrogens with one attached hydrogen (secondary N) is 1. The van der Waals surface area contributed by atoms with Crippen molar-refractivity contribution in [2.24, 2.45) is 11.3 Å². The van der Waals surface area contributed by atoms with Crippen molar-refractivity contribution in [3.63, 3.8) is 0 Å². The van der Waals surface area contributed by atoms with Crippen molar-refractivity contribution in [3.05, 3.63) is 0 Å². The zero-order valence-electron chi connectivity index (χ0n) is 10.1. The number of carbonyl (C=O) groups excluding carboxylic acids is 1. The lowest BCUT2D eigenvalue weighted by Gasteiger charge is -2.73. The third kappa shape index (κ3) is 1.49. The Morgan fingerprint density at radius 1 is 0.938 bits per heavy atom. The van der Waals surface area contributed by atoms with Crippen LogP contribution in [-0.4, -0.2) is 11.9 Å². The SMILES string of the molecule is O=CNC12CC(C3CCCCCCC3)(C1)C2. The predicted molar refractivity (Wildman–Crippen MR) is 64.0 cm³/mol. The summed E-state index contributed by atoms with van der Waals surface area (Å²) in [6, 6.07) is 0. The first-order valence-electron chi connectivity index (χ1n) is 7.00. The van der Waals surface area contributed by atoms with Gasteiger partial charge in [0.2, 0.25) is 6.41 Å². The highest BCUT2D eigenvalue weighted by Crippen LogP contribution is 2.71. The fraction of sp³-hybridized carbons (Fsp3) is 0.929. The van der Waals surface area contributed by atoms with Crippen LogP contribution >= 0.6 is 0 Å². The summed E-state index contributed by atoms with van der Waals surface area (Å²) in [6.07, 6.45) is 14.9. The summed E-state index contributed by atoms with van der Waals surface area (Å²) in [4.78, 5) is 10.5. The minimum atomic E-state index is 0.254. The zero-order chi connectivity index (χ0) is 11.1. The summed E-state index contributed by atoms with van der Waals surface area (Å²) in [5, 5.41) is 3.04. The summed E-state index contributed by atoms with van der Waals surface area (Å²) < 4.78 is 0. The van der Waals surface area contributed by atoms with Crippen molar-refractivity contribution in [2.75, 3.05) is 0 Å². The van der Waals surface area contributed by atoms with Gasteiger partial charge in [0.1, 0.15) is 0 Å². The van der Waals surface area contributed by atoms with E-state index in [-0.39, 0.29) is 5.54 Å². The Morgan fingerprint density at radius 2 is 1.50 bits per heavy atom. The number of hydrogen-bond donors (Lipinski definition) is 1. The fourth-order valence-electron chi connectivity index (χ4n) is 4.65. The van der Waals surface area contributed by atoms with Gasteiger partial charge in [-0.1, -0.05) is 32.1 Å². The van der Waals surface area contributed by atoms with Gasteiger partial charge in [0, 0.05) is 5.54 Å². The number of hydrogen-bond acceptors (Lipinski definition) is 1. The molecule has 4 aliphatic carbocycles. The van der Waals surface area contributed by atoms with Crippen LogP contribution < -0.4 is 5.32 Å². The molecule has 0 saturated heterocycles. The van der Waals surface area contributed by atoms with E-state index in [4.69, 9.17) is 0 Å². The standard InChI is InChI=1S/C14H23NO/c16-11-15-14-8-13(9-14,10-14)12-6-4-2-1-3-5-7-12/h11-12H,1-10H2,(H,15,16). The maximum Gasteiger partial charge on any atom is 0.207 e. The lowest BCUT2D eigenvalue weighted by molar-refractivity contribution is -0.194. The summed E-state index contributed by atoms with van der Waals surface area (Å²) in [5.41, 5.74) is 0.914. The van der Waals surface area contributed by atoms with Crippen LogP contribution in [0.15, 0.2) is 0 Å². The van der Waals surface area contributed by atoms with Crippen molar-refractivity contribution in [2.45, 2.75) is 69.7 Å².